The number of nitrogens with one attached hydrogen (secondary N) is 1. The zero-order valence-corrected chi connectivity index (χ0v) is 15.9. The molecule has 0 unspecified atom stereocenters. The van der Waals surface area contributed by atoms with Gasteiger partial charge in [0.1, 0.15) is 5.75 Å². The fraction of sp³-hybridized carbons (Fsp3) is 0.167. The fourth-order valence-electron chi connectivity index (χ4n) is 2.11. The molecule has 7 heteroatoms. The van der Waals surface area contributed by atoms with Crippen LogP contribution in [0.5, 0.6) is 5.75 Å². The molecule has 1 amide bonds. The minimum absolute atomic E-state index is 0.238. The van der Waals surface area contributed by atoms with Crippen molar-refractivity contribution in [1.29, 1.82) is 0 Å². The van der Waals surface area contributed by atoms with Crippen molar-refractivity contribution in [3.05, 3.63) is 58.1 Å². The summed E-state index contributed by atoms with van der Waals surface area (Å²) in [6.45, 7) is 2.78. The van der Waals surface area contributed by atoms with Crippen molar-refractivity contribution in [2.75, 3.05) is 11.9 Å². The molecule has 3 rings (SSSR count). The van der Waals surface area contributed by atoms with E-state index in [1.165, 1.54) is 17.5 Å². The number of hydrogen-bond donors (Lipinski definition) is 1. The smallest absolute Gasteiger partial charge is 0.259 e. The maximum atomic E-state index is 12.2. The van der Waals surface area contributed by atoms with Crippen LogP contribution in [-0.4, -0.2) is 22.5 Å². The lowest BCUT2D eigenvalue weighted by molar-refractivity contribution is 0.102. The normalized spacial score (nSPS) is 10.5. The van der Waals surface area contributed by atoms with Crippen LogP contribution >= 0.6 is 27.3 Å². The summed E-state index contributed by atoms with van der Waals surface area (Å²) in [4.78, 5) is 20.7. The van der Waals surface area contributed by atoms with Gasteiger partial charge in [-0.15, -0.1) is 11.3 Å². The van der Waals surface area contributed by atoms with Crippen LogP contribution in [0.25, 0.3) is 11.3 Å². The maximum absolute atomic E-state index is 12.2. The Kier molecular flexibility index (Phi) is 5.78. The molecule has 0 aliphatic carbocycles. The van der Waals surface area contributed by atoms with Crippen LogP contribution in [-0.2, 0) is 0 Å². The van der Waals surface area contributed by atoms with Crippen LogP contribution in [0.15, 0.2) is 52.6 Å². The van der Waals surface area contributed by atoms with Gasteiger partial charge < -0.3 is 4.74 Å². The Balaban J connectivity index is 1.68. The second kappa shape index (κ2) is 8.22. The number of rotatable bonds is 6. The molecule has 0 aliphatic rings. The number of nitrogens with zero attached hydrogens (tertiary/aromatic N) is 2. The Morgan fingerprint density at radius 2 is 2.08 bits per heavy atom. The zero-order chi connectivity index (χ0) is 17.6. The number of pyridine rings is 1. The standard InChI is InChI=1S/C18H16BrN3O2S/c1-2-7-24-15-5-3-12(4-6-15)16-11-25-18(21-16)22-17(23)13-8-14(19)10-20-9-13/h3-6,8-11H,2,7H2,1H3,(H,21,22,23). The second-order valence-electron chi connectivity index (χ2n) is 5.26. The Morgan fingerprint density at radius 3 is 2.80 bits per heavy atom. The van der Waals surface area contributed by atoms with Gasteiger partial charge in [-0.25, -0.2) is 4.98 Å². The summed E-state index contributed by atoms with van der Waals surface area (Å²) in [6, 6.07) is 9.49. The van der Waals surface area contributed by atoms with E-state index in [4.69, 9.17) is 4.74 Å². The topological polar surface area (TPSA) is 64.1 Å². The van der Waals surface area contributed by atoms with Crippen molar-refractivity contribution in [2.45, 2.75) is 13.3 Å². The Labute approximate surface area is 158 Å². The number of amides is 1. The van der Waals surface area contributed by atoms with Crippen molar-refractivity contribution in [2.24, 2.45) is 0 Å². The van der Waals surface area contributed by atoms with E-state index in [2.05, 4.69) is 38.1 Å². The summed E-state index contributed by atoms with van der Waals surface area (Å²) in [5.41, 5.74) is 2.27. The van der Waals surface area contributed by atoms with Crippen molar-refractivity contribution in [3.8, 4) is 17.0 Å². The summed E-state index contributed by atoms with van der Waals surface area (Å²) in [5, 5.41) is 5.26. The highest BCUT2D eigenvalue weighted by molar-refractivity contribution is 9.10. The lowest BCUT2D eigenvalue weighted by Crippen LogP contribution is -2.11. The molecule has 0 fully saturated rings. The van der Waals surface area contributed by atoms with Gasteiger partial charge in [0.2, 0.25) is 0 Å². The van der Waals surface area contributed by atoms with Gasteiger partial charge in [0.25, 0.3) is 5.91 Å². The molecule has 128 valence electrons. The van der Waals surface area contributed by atoms with Crippen LogP contribution in [0.3, 0.4) is 0 Å². The lowest BCUT2D eigenvalue weighted by atomic mass is 10.2. The number of aromatic nitrogens is 2. The number of thiazole rings is 1. The summed E-state index contributed by atoms with van der Waals surface area (Å²) in [7, 11) is 0. The second-order valence-corrected chi connectivity index (χ2v) is 7.03. The molecule has 0 saturated heterocycles. The molecule has 0 atom stereocenters. The van der Waals surface area contributed by atoms with Crippen molar-refractivity contribution in [1.82, 2.24) is 9.97 Å². The molecule has 1 aromatic carbocycles. The first kappa shape index (κ1) is 17.6. The molecule has 2 heterocycles. The molecule has 5 nitrogen and oxygen atoms in total. The van der Waals surface area contributed by atoms with Gasteiger partial charge in [-0.3, -0.25) is 15.1 Å². The van der Waals surface area contributed by atoms with Gasteiger partial charge in [-0.05, 0) is 52.7 Å². The highest BCUT2D eigenvalue weighted by Crippen LogP contribution is 2.27. The maximum Gasteiger partial charge on any atom is 0.259 e. The minimum Gasteiger partial charge on any atom is -0.494 e. The van der Waals surface area contributed by atoms with Gasteiger partial charge in [0.05, 0.1) is 17.9 Å². The number of halogens is 1. The van der Waals surface area contributed by atoms with E-state index >= 15 is 0 Å². The van der Waals surface area contributed by atoms with Gasteiger partial charge in [0.15, 0.2) is 5.13 Å². The predicted octanol–water partition coefficient (Wildman–Crippen LogP) is 5.01. The quantitative estimate of drug-likeness (QED) is 0.611. The Morgan fingerprint density at radius 1 is 1.28 bits per heavy atom. The third-order valence-corrected chi connectivity index (χ3v) is 4.51. The van der Waals surface area contributed by atoms with Gasteiger partial charge in [0, 0.05) is 27.8 Å². The number of benzene rings is 1. The first-order chi connectivity index (χ1) is 12.2. The number of anilines is 1. The van der Waals surface area contributed by atoms with E-state index in [0.29, 0.717) is 17.3 Å². The molecule has 0 bridgehead atoms. The number of carbonyl (C=O) groups excluding carboxylic acids is 1. The average Bonchev–Trinajstić information content (AvgIpc) is 3.09. The largest absolute Gasteiger partial charge is 0.494 e. The molecule has 25 heavy (non-hydrogen) atoms. The van der Waals surface area contributed by atoms with Gasteiger partial charge in [-0.1, -0.05) is 6.92 Å². The molecule has 1 N–H and O–H groups in total. The zero-order valence-electron chi connectivity index (χ0n) is 13.5. The first-order valence-corrected chi connectivity index (χ1v) is 9.43. The SMILES string of the molecule is CCCOc1ccc(-c2csc(NC(=O)c3cncc(Br)c3)n2)cc1. The number of hydrogen-bond acceptors (Lipinski definition) is 5. The van der Waals surface area contributed by atoms with Crippen molar-refractivity contribution >= 4 is 38.3 Å². The van der Waals surface area contributed by atoms with Gasteiger partial charge in [-0.2, -0.15) is 0 Å². The molecule has 3 aromatic rings. The third kappa shape index (κ3) is 4.64. The van der Waals surface area contributed by atoms with Crippen LogP contribution in [0.2, 0.25) is 0 Å². The summed E-state index contributed by atoms with van der Waals surface area (Å²) in [5.74, 6) is 0.606. The van der Waals surface area contributed by atoms with E-state index in [9.17, 15) is 4.79 Å². The Bertz CT molecular complexity index is 865. The van der Waals surface area contributed by atoms with Crippen LogP contribution in [0.1, 0.15) is 23.7 Å². The predicted molar refractivity (Wildman–Crippen MR) is 103 cm³/mol. The van der Waals surface area contributed by atoms with E-state index < -0.39 is 0 Å². The molecule has 0 spiro atoms. The summed E-state index contributed by atoms with van der Waals surface area (Å²) < 4.78 is 6.33. The number of ether oxygens (including phenoxy) is 1. The van der Waals surface area contributed by atoms with E-state index in [1.54, 1.807) is 12.3 Å². The minimum atomic E-state index is -0.238. The lowest BCUT2D eigenvalue weighted by Gasteiger charge is -2.04. The van der Waals surface area contributed by atoms with Gasteiger partial charge >= 0.3 is 0 Å². The Hall–Kier alpha value is -2.25. The highest BCUT2D eigenvalue weighted by atomic mass is 79.9. The molecule has 0 radical (unpaired) electrons. The molecule has 2 aromatic heterocycles. The monoisotopic (exact) mass is 417 g/mol. The van der Waals surface area contributed by atoms with Crippen LogP contribution in [0, 0.1) is 0 Å². The summed E-state index contributed by atoms with van der Waals surface area (Å²) in [6.07, 6.45) is 4.13. The van der Waals surface area contributed by atoms with E-state index in [-0.39, 0.29) is 5.91 Å². The summed E-state index contributed by atoms with van der Waals surface area (Å²) >= 11 is 4.69. The highest BCUT2D eigenvalue weighted by Gasteiger charge is 2.11. The third-order valence-electron chi connectivity index (χ3n) is 3.31. The van der Waals surface area contributed by atoms with Crippen molar-refractivity contribution in [3.63, 3.8) is 0 Å². The first-order valence-electron chi connectivity index (χ1n) is 7.76. The van der Waals surface area contributed by atoms with Crippen molar-refractivity contribution < 1.29 is 9.53 Å². The molecule has 0 saturated carbocycles. The fourth-order valence-corrected chi connectivity index (χ4v) is 3.19. The van der Waals surface area contributed by atoms with Crippen LogP contribution < -0.4 is 10.1 Å². The van der Waals surface area contributed by atoms with Crippen LogP contribution in [0.4, 0.5) is 5.13 Å². The average molecular weight is 418 g/mol. The molecule has 0 aliphatic heterocycles. The molecular weight excluding hydrogens is 402 g/mol. The molecular formula is C18H16BrN3O2S. The number of carbonyl (C=O) groups is 1. The van der Waals surface area contributed by atoms with E-state index in [0.717, 1.165) is 27.9 Å². The van der Waals surface area contributed by atoms with E-state index in [1.807, 2.05) is 29.6 Å².